The summed E-state index contributed by atoms with van der Waals surface area (Å²) in [5.74, 6) is 1.29. The highest BCUT2D eigenvalue weighted by Gasteiger charge is 2.18. The second-order valence-electron chi connectivity index (χ2n) is 6.14. The molecule has 0 saturated carbocycles. The first-order chi connectivity index (χ1) is 13.7. The first-order valence-corrected chi connectivity index (χ1v) is 11.6. The lowest BCUT2D eigenvalue weighted by atomic mass is 10.2. The molecule has 0 aliphatic rings. The zero-order valence-electron chi connectivity index (χ0n) is 14.4. The Morgan fingerprint density at radius 2 is 2.00 bits per heavy atom. The van der Waals surface area contributed by atoms with Crippen LogP contribution < -0.4 is 5.56 Å². The summed E-state index contributed by atoms with van der Waals surface area (Å²) in [6.45, 7) is 0.491. The molecule has 0 bridgehead atoms. The van der Waals surface area contributed by atoms with E-state index in [1.165, 1.54) is 11.3 Å². The van der Waals surface area contributed by atoms with E-state index in [0.29, 0.717) is 22.0 Å². The first-order valence-electron chi connectivity index (χ1n) is 8.45. The maximum Gasteiger partial charge on any atom is 0.273 e. The molecule has 4 heterocycles. The summed E-state index contributed by atoms with van der Waals surface area (Å²) in [6.07, 6.45) is 0. The Balaban J connectivity index is 1.61. The lowest BCUT2D eigenvalue weighted by Crippen LogP contribution is -2.22. The molecule has 0 amide bonds. The Labute approximate surface area is 177 Å². The van der Waals surface area contributed by atoms with Crippen LogP contribution >= 0.6 is 46.0 Å². The smallest absolute Gasteiger partial charge is 0.270 e. The number of thiophene rings is 2. The normalized spacial score (nSPS) is 11.6. The quantitative estimate of drug-likeness (QED) is 0.351. The fourth-order valence-corrected chi connectivity index (χ4v) is 5.68. The lowest BCUT2D eigenvalue weighted by molar-refractivity contribution is 0.775. The summed E-state index contributed by atoms with van der Waals surface area (Å²) in [5.41, 5.74) is 1.94. The Bertz CT molecular complexity index is 1340. The van der Waals surface area contributed by atoms with Crippen molar-refractivity contribution < 1.29 is 0 Å². The van der Waals surface area contributed by atoms with Crippen molar-refractivity contribution in [2.45, 2.75) is 17.5 Å². The number of halogens is 1. The summed E-state index contributed by atoms with van der Waals surface area (Å²) in [6, 6.07) is 13.8. The van der Waals surface area contributed by atoms with Gasteiger partial charge in [-0.25, -0.2) is 0 Å². The average Bonchev–Trinajstić information content (AvgIpc) is 3.43. The molecule has 0 aliphatic heterocycles. The number of hydrogen-bond donors (Lipinski definition) is 0. The van der Waals surface area contributed by atoms with Crippen LogP contribution in [0.4, 0.5) is 0 Å². The monoisotopic (exact) mass is 444 g/mol. The molecule has 0 unspecified atom stereocenters. The number of nitrogens with zero attached hydrogens (tertiary/aromatic N) is 4. The molecule has 5 aromatic rings. The molecule has 0 radical (unpaired) electrons. The first kappa shape index (κ1) is 17.9. The maximum atomic E-state index is 13.0. The van der Waals surface area contributed by atoms with E-state index in [1.54, 1.807) is 27.7 Å². The van der Waals surface area contributed by atoms with E-state index in [9.17, 15) is 4.79 Å². The topological polar surface area (TPSA) is 52.2 Å². The van der Waals surface area contributed by atoms with Crippen LogP contribution in [0, 0.1) is 0 Å². The minimum absolute atomic E-state index is 0.0234. The Kier molecular flexibility index (Phi) is 4.72. The van der Waals surface area contributed by atoms with Gasteiger partial charge in [0, 0.05) is 15.7 Å². The van der Waals surface area contributed by atoms with Crippen molar-refractivity contribution in [3.8, 4) is 0 Å². The third-order valence-corrected chi connectivity index (χ3v) is 7.32. The Morgan fingerprint density at radius 1 is 1.07 bits per heavy atom. The summed E-state index contributed by atoms with van der Waals surface area (Å²) in [7, 11) is 0. The van der Waals surface area contributed by atoms with Crippen molar-refractivity contribution in [2.75, 3.05) is 0 Å². The number of hydrogen-bond acceptors (Lipinski definition) is 6. The molecule has 1 aromatic carbocycles. The van der Waals surface area contributed by atoms with Crippen LogP contribution in [-0.4, -0.2) is 19.2 Å². The molecule has 5 rings (SSSR count). The van der Waals surface area contributed by atoms with E-state index < -0.39 is 0 Å². The fourth-order valence-electron chi connectivity index (χ4n) is 3.07. The number of thioether (sulfide) groups is 1. The van der Waals surface area contributed by atoms with Crippen molar-refractivity contribution >= 4 is 62.0 Å². The predicted molar refractivity (Wildman–Crippen MR) is 117 cm³/mol. The third-order valence-electron chi connectivity index (χ3n) is 4.33. The standard InChI is InChI=1S/C19H13ClN4OS3/c20-13-4-1-3-12(9-13)11-28-19-22-21-18-23(10-14-5-2-7-26-14)17(25)16-15(24(18)19)6-8-27-16/h1-9H,10-11H2. The van der Waals surface area contributed by atoms with Gasteiger partial charge in [0.15, 0.2) is 5.16 Å². The van der Waals surface area contributed by atoms with Gasteiger partial charge in [-0.2, -0.15) is 0 Å². The van der Waals surface area contributed by atoms with Gasteiger partial charge in [0.25, 0.3) is 5.56 Å². The van der Waals surface area contributed by atoms with Crippen LogP contribution in [-0.2, 0) is 12.3 Å². The number of benzene rings is 1. The Hall–Kier alpha value is -2.13. The summed E-state index contributed by atoms with van der Waals surface area (Å²) in [4.78, 5) is 14.1. The molecule has 0 fully saturated rings. The van der Waals surface area contributed by atoms with E-state index in [-0.39, 0.29) is 5.56 Å². The highest BCUT2D eigenvalue weighted by atomic mass is 35.5. The van der Waals surface area contributed by atoms with Crippen molar-refractivity contribution in [3.63, 3.8) is 0 Å². The van der Waals surface area contributed by atoms with Crippen LogP contribution in [0.3, 0.4) is 0 Å². The molecule has 28 heavy (non-hydrogen) atoms. The molecule has 140 valence electrons. The Morgan fingerprint density at radius 3 is 2.82 bits per heavy atom. The molecular formula is C19H13ClN4OS3. The van der Waals surface area contributed by atoms with Crippen molar-refractivity contribution in [2.24, 2.45) is 0 Å². The average molecular weight is 445 g/mol. The summed E-state index contributed by atoms with van der Waals surface area (Å²) in [5, 5.41) is 14.2. The van der Waals surface area contributed by atoms with Gasteiger partial charge < -0.3 is 0 Å². The van der Waals surface area contributed by atoms with Crippen molar-refractivity contribution in [1.29, 1.82) is 0 Å². The lowest BCUT2D eigenvalue weighted by Gasteiger charge is -2.08. The molecule has 5 nitrogen and oxygen atoms in total. The molecule has 0 saturated heterocycles. The largest absolute Gasteiger partial charge is 0.273 e. The van der Waals surface area contributed by atoms with Crippen LogP contribution in [0.25, 0.3) is 16.0 Å². The highest BCUT2D eigenvalue weighted by Crippen LogP contribution is 2.27. The zero-order valence-corrected chi connectivity index (χ0v) is 17.6. The molecule has 4 aromatic heterocycles. The van der Waals surface area contributed by atoms with Crippen LogP contribution in [0.15, 0.2) is 63.2 Å². The molecule has 0 spiro atoms. The third kappa shape index (κ3) is 3.16. The maximum absolute atomic E-state index is 13.0. The number of aromatic nitrogens is 4. The van der Waals surface area contributed by atoms with E-state index in [1.807, 2.05) is 57.6 Å². The van der Waals surface area contributed by atoms with E-state index in [0.717, 1.165) is 26.9 Å². The molecule has 0 aliphatic carbocycles. The van der Waals surface area contributed by atoms with Crippen molar-refractivity contribution in [3.05, 3.63) is 79.0 Å². The van der Waals surface area contributed by atoms with Gasteiger partial charge in [-0.3, -0.25) is 13.8 Å². The highest BCUT2D eigenvalue weighted by molar-refractivity contribution is 7.98. The summed E-state index contributed by atoms with van der Waals surface area (Å²) < 4.78 is 4.41. The molecular weight excluding hydrogens is 432 g/mol. The van der Waals surface area contributed by atoms with Gasteiger partial charge in [-0.05, 0) is 40.6 Å². The second kappa shape index (κ2) is 7.36. The molecule has 9 heteroatoms. The van der Waals surface area contributed by atoms with Gasteiger partial charge in [-0.15, -0.1) is 32.9 Å². The van der Waals surface area contributed by atoms with Gasteiger partial charge in [0.2, 0.25) is 5.78 Å². The zero-order chi connectivity index (χ0) is 19.1. The van der Waals surface area contributed by atoms with Crippen molar-refractivity contribution in [1.82, 2.24) is 19.2 Å². The van der Waals surface area contributed by atoms with Gasteiger partial charge in [0.05, 0.1) is 12.1 Å². The van der Waals surface area contributed by atoms with E-state index in [2.05, 4.69) is 10.2 Å². The van der Waals surface area contributed by atoms with Gasteiger partial charge in [-0.1, -0.05) is 41.6 Å². The van der Waals surface area contributed by atoms with Gasteiger partial charge in [0.1, 0.15) is 4.70 Å². The minimum atomic E-state index is -0.0234. The predicted octanol–water partition coefficient (Wildman–Crippen LogP) is 5.16. The minimum Gasteiger partial charge on any atom is -0.270 e. The molecule has 0 N–H and O–H groups in total. The van der Waals surface area contributed by atoms with Crippen LogP contribution in [0.2, 0.25) is 5.02 Å². The SMILES string of the molecule is O=c1c2sccc2n2c(SCc3cccc(Cl)c3)nnc2n1Cc1cccs1. The van der Waals surface area contributed by atoms with Gasteiger partial charge >= 0.3 is 0 Å². The fraction of sp³-hybridized carbons (Fsp3) is 0.105. The number of fused-ring (bicyclic) bond motifs is 3. The van der Waals surface area contributed by atoms with Crippen LogP contribution in [0.1, 0.15) is 10.4 Å². The second-order valence-corrected chi connectivity index (χ2v) is 9.47. The van der Waals surface area contributed by atoms with E-state index >= 15 is 0 Å². The molecule has 0 atom stereocenters. The summed E-state index contributed by atoms with van der Waals surface area (Å²) >= 11 is 10.8. The number of rotatable bonds is 5. The van der Waals surface area contributed by atoms with Crippen LogP contribution in [0.5, 0.6) is 0 Å². The van der Waals surface area contributed by atoms with E-state index in [4.69, 9.17) is 11.6 Å².